The van der Waals surface area contributed by atoms with Crippen molar-refractivity contribution in [1.82, 2.24) is 4.98 Å². The van der Waals surface area contributed by atoms with E-state index >= 15 is 0 Å². The van der Waals surface area contributed by atoms with Crippen molar-refractivity contribution in [1.29, 1.82) is 0 Å². The predicted molar refractivity (Wildman–Crippen MR) is 71.0 cm³/mol. The van der Waals surface area contributed by atoms with Crippen LogP contribution in [0.2, 0.25) is 0 Å². The average molecular weight is 349 g/mol. The summed E-state index contributed by atoms with van der Waals surface area (Å²) in [6, 6.07) is 3.56. The van der Waals surface area contributed by atoms with Gasteiger partial charge in [0.05, 0.1) is 23.0 Å². The van der Waals surface area contributed by atoms with Crippen LogP contribution in [0.3, 0.4) is 0 Å². The van der Waals surface area contributed by atoms with Gasteiger partial charge in [0.15, 0.2) is 0 Å². The Morgan fingerprint density at radius 1 is 0.958 bits per heavy atom. The largest absolute Gasteiger partial charge is 0.425 e. The number of esters is 1. The van der Waals surface area contributed by atoms with E-state index in [1.54, 1.807) is 0 Å². The molecule has 24 heavy (non-hydrogen) atoms. The molecule has 0 aliphatic carbocycles. The molecular weight excluding hydrogens is 340 g/mol. The Hall–Kier alpha value is -2.58. The molecule has 9 heteroatoms. The number of halogens is 6. The molecule has 1 heterocycles. The van der Waals surface area contributed by atoms with Gasteiger partial charge in [0.2, 0.25) is 0 Å². The van der Waals surface area contributed by atoms with Crippen LogP contribution in [0.15, 0.2) is 36.5 Å². The molecule has 128 valence electrons. The topological polar surface area (TPSA) is 39.2 Å². The standard InChI is InChI=1S/C15H9F6NO2/c1-8(23)24-12-2-3-13(22-7-12)9-4-10(14(16,17)18)6-11(5-9)15(19,20)21/h2-7H,1H3. The van der Waals surface area contributed by atoms with E-state index in [2.05, 4.69) is 4.98 Å². The number of pyridine rings is 1. The van der Waals surface area contributed by atoms with E-state index in [0.717, 1.165) is 19.2 Å². The SMILES string of the molecule is CC(=O)Oc1ccc(-c2cc(C(F)(F)F)cc(C(F)(F)F)c2)nc1. The summed E-state index contributed by atoms with van der Waals surface area (Å²) >= 11 is 0. The highest BCUT2D eigenvalue weighted by molar-refractivity contribution is 5.69. The van der Waals surface area contributed by atoms with Gasteiger partial charge in [0.25, 0.3) is 0 Å². The highest BCUT2D eigenvalue weighted by Crippen LogP contribution is 2.38. The van der Waals surface area contributed by atoms with E-state index in [4.69, 9.17) is 4.74 Å². The summed E-state index contributed by atoms with van der Waals surface area (Å²) in [5.74, 6) is -0.614. The van der Waals surface area contributed by atoms with Gasteiger partial charge in [-0.05, 0) is 30.3 Å². The Morgan fingerprint density at radius 2 is 1.50 bits per heavy atom. The summed E-state index contributed by atoms with van der Waals surface area (Å²) in [6.07, 6.45) is -8.84. The number of hydrogen-bond donors (Lipinski definition) is 0. The van der Waals surface area contributed by atoms with E-state index in [1.807, 2.05) is 0 Å². The lowest BCUT2D eigenvalue weighted by Crippen LogP contribution is -2.11. The van der Waals surface area contributed by atoms with Crippen molar-refractivity contribution in [2.24, 2.45) is 0 Å². The molecule has 3 nitrogen and oxygen atoms in total. The van der Waals surface area contributed by atoms with Crippen molar-refractivity contribution in [3.63, 3.8) is 0 Å². The van der Waals surface area contributed by atoms with E-state index in [1.165, 1.54) is 6.07 Å². The van der Waals surface area contributed by atoms with Crippen molar-refractivity contribution in [2.45, 2.75) is 19.3 Å². The van der Waals surface area contributed by atoms with Gasteiger partial charge < -0.3 is 4.74 Å². The monoisotopic (exact) mass is 349 g/mol. The van der Waals surface area contributed by atoms with E-state index in [0.29, 0.717) is 12.1 Å². The zero-order valence-electron chi connectivity index (χ0n) is 12.0. The molecule has 2 aromatic rings. The fraction of sp³-hybridized carbons (Fsp3) is 0.200. The Kier molecular flexibility index (Phi) is 4.54. The Labute approximate surface area is 131 Å². The van der Waals surface area contributed by atoms with Gasteiger partial charge in [-0.2, -0.15) is 26.3 Å². The van der Waals surface area contributed by atoms with Gasteiger partial charge in [0.1, 0.15) is 5.75 Å². The van der Waals surface area contributed by atoms with E-state index < -0.39 is 29.4 Å². The van der Waals surface area contributed by atoms with Crippen molar-refractivity contribution in [2.75, 3.05) is 0 Å². The van der Waals surface area contributed by atoms with Crippen molar-refractivity contribution in [3.05, 3.63) is 47.7 Å². The van der Waals surface area contributed by atoms with Crippen LogP contribution in [0.4, 0.5) is 26.3 Å². The zero-order chi connectivity index (χ0) is 18.1. The molecule has 0 aliphatic rings. The molecule has 0 unspecified atom stereocenters. The molecular formula is C15H9F6NO2. The van der Waals surface area contributed by atoms with Gasteiger partial charge in [-0.1, -0.05) is 0 Å². The lowest BCUT2D eigenvalue weighted by molar-refractivity contribution is -0.143. The lowest BCUT2D eigenvalue weighted by Gasteiger charge is -2.14. The molecule has 0 amide bonds. The second kappa shape index (κ2) is 6.14. The Balaban J connectivity index is 2.51. The molecule has 0 saturated heterocycles. The van der Waals surface area contributed by atoms with E-state index in [9.17, 15) is 31.1 Å². The van der Waals surface area contributed by atoms with Crippen LogP contribution < -0.4 is 4.74 Å². The first-order chi connectivity index (χ1) is 11.0. The Morgan fingerprint density at radius 3 is 1.88 bits per heavy atom. The van der Waals surface area contributed by atoms with Crippen LogP contribution >= 0.6 is 0 Å². The van der Waals surface area contributed by atoms with Crippen LogP contribution in [0.5, 0.6) is 5.75 Å². The van der Waals surface area contributed by atoms with E-state index in [-0.39, 0.29) is 23.1 Å². The molecule has 0 spiro atoms. The maximum atomic E-state index is 12.8. The maximum absolute atomic E-state index is 12.8. The second-order valence-corrected chi connectivity index (χ2v) is 4.77. The minimum atomic E-state index is -4.94. The summed E-state index contributed by atoms with van der Waals surface area (Å²) < 4.78 is 81.6. The molecule has 0 saturated carbocycles. The number of nitrogens with zero attached hydrogens (tertiary/aromatic N) is 1. The minimum absolute atomic E-state index is 0.0225. The average Bonchev–Trinajstić information content (AvgIpc) is 2.45. The minimum Gasteiger partial charge on any atom is -0.425 e. The third kappa shape index (κ3) is 4.24. The molecule has 0 fully saturated rings. The summed E-state index contributed by atoms with van der Waals surface area (Å²) in [4.78, 5) is 14.5. The fourth-order valence-electron chi connectivity index (χ4n) is 1.88. The Bertz CT molecular complexity index is 718. The van der Waals surface area contributed by atoms with Gasteiger partial charge in [0, 0.05) is 12.5 Å². The molecule has 1 aromatic heterocycles. The van der Waals surface area contributed by atoms with Gasteiger partial charge in [-0.3, -0.25) is 9.78 Å². The molecule has 0 aliphatic heterocycles. The summed E-state index contributed by atoms with van der Waals surface area (Å²) in [5, 5.41) is 0. The van der Waals surface area contributed by atoms with Gasteiger partial charge >= 0.3 is 18.3 Å². The molecule has 0 bridgehead atoms. The summed E-state index contributed by atoms with van der Waals surface area (Å²) in [6.45, 7) is 1.14. The number of carbonyl (C=O) groups excluding carboxylic acids is 1. The first kappa shape index (κ1) is 17.8. The van der Waals surface area contributed by atoms with Crippen LogP contribution in [0, 0.1) is 0 Å². The smallest absolute Gasteiger partial charge is 0.416 e. The van der Waals surface area contributed by atoms with Gasteiger partial charge in [-0.25, -0.2) is 0 Å². The first-order valence-electron chi connectivity index (χ1n) is 6.41. The van der Waals surface area contributed by atoms with Crippen LogP contribution in [-0.2, 0) is 17.1 Å². The van der Waals surface area contributed by atoms with Crippen molar-refractivity contribution in [3.8, 4) is 17.0 Å². The lowest BCUT2D eigenvalue weighted by atomic mass is 10.0. The summed E-state index contributed by atoms with van der Waals surface area (Å²) in [5.41, 5.74) is -3.34. The third-order valence-corrected chi connectivity index (χ3v) is 2.88. The van der Waals surface area contributed by atoms with Gasteiger partial charge in [-0.15, -0.1) is 0 Å². The number of carbonyl (C=O) groups is 1. The number of hydrogen-bond acceptors (Lipinski definition) is 3. The molecule has 0 radical (unpaired) electrons. The molecule has 1 aromatic carbocycles. The fourth-order valence-corrected chi connectivity index (χ4v) is 1.88. The third-order valence-electron chi connectivity index (χ3n) is 2.88. The second-order valence-electron chi connectivity index (χ2n) is 4.77. The summed E-state index contributed by atoms with van der Waals surface area (Å²) in [7, 11) is 0. The molecule has 2 rings (SSSR count). The van der Waals surface area contributed by atoms with Crippen molar-refractivity contribution >= 4 is 5.97 Å². The number of benzene rings is 1. The normalized spacial score (nSPS) is 12.1. The van der Waals surface area contributed by atoms with Crippen molar-refractivity contribution < 1.29 is 35.9 Å². The maximum Gasteiger partial charge on any atom is 0.416 e. The van der Waals surface area contributed by atoms with Crippen LogP contribution in [-0.4, -0.2) is 11.0 Å². The zero-order valence-corrected chi connectivity index (χ0v) is 12.0. The number of aromatic nitrogens is 1. The number of ether oxygens (including phenoxy) is 1. The first-order valence-corrected chi connectivity index (χ1v) is 6.41. The number of alkyl halides is 6. The highest BCUT2D eigenvalue weighted by Gasteiger charge is 2.37. The van der Waals surface area contributed by atoms with Crippen LogP contribution in [0.25, 0.3) is 11.3 Å². The highest BCUT2D eigenvalue weighted by atomic mass is 19.4. The quantitative estimate of drug-likeness (QED) is 0.582. The predicted octanol–water partition coefficient (Wildman–Crippen LogP) is 4.71. The van der Waals surface area contributed by atoms with Crippen LogP contribution in [0.1, 0.15) is 18.1 Å². The molecule has 0 N–H and O–H groups in total. The molecule has 0 atom stereocenters. The number of rotatable bonds is 2.